The second kappa shape index (κ2) is 7.77. The lowest BCUT2D eigenvalue weighted by Gasteiger charge is -2.19. The van der Waals surface area contributed by atoms with Crippen LogP contribution in [-0.2, 0) is 4.79 Å². The fourth-order valence-corrected chi connectivity index (χ4v) is 2.70. The minimum atomic E-state index is -0.452. The summed E-state index contributed by atoms with van der Waals surface area (Å²) in [7, 11) is 0. The summed E-state index contributed by atoms with van der Waals surface area (Å²) in [5, 5.41) is 4.80. The SMILES string of the molecule is C[C@@H]([NH2+][C@@H](C(=O)Nc1ccc(F)cc1)c1ccccc1)c1ccco1. The lowest BCUT2D eigenvalue weighted by atomic mass is 10.0. The Kier molecular flexibility index (Phi) is 5.26. The van der Waals surface area contributed by atoms with Gasteiger partial charge in [0.15, 0.2) is 11.8 Å². The summed E-state index contributed by atoms with van der Waals surface area (Å²) in [5.74, 6) is 0.294. The zero-order chi connectivity index (χ0) is 17.6. The van der Waals surface area contributed by atoms with Crippen molar-refractivity contribution in [3.05, 3.63) is 90.1 Å². The first-order chi connectivity index (χ1) is 12.1. The molecule has 1 heterocycles. The van der Waals surface area contributed by atoms with E-state index in [0.29, 0.717) is 5.69 Å². The summed E-state index contributed by atoms with van der Waals surface area (Å²) >= 11 is 0. The molecule has 5 heteroatoms. The zero-order valence-corrected chi connectivity index (χ0v) is 13.9. The molecule has 2 aromatic carbocycles. The molecule has 0 aliphatic carbocycles. The van der Waals surface area contributed by atoms with Crippen LogP contribution in [0.1, 0.15) is 30.3 Å². The van der Waals surface area contributed by atoms with Crippen molar-refractivity contribution in [3.8, 4) is 0 Å². The number of nitrogens with two attached hydrogens (primary N) is 1. The van der Waals surface area contributed by atoms with Gasteiger partial charge in [0.25, 0.3) is 5.91 Å². The lowest BCUT2D eigenvalue weighted by molar-refractivity contribution is -0.720. The van der Waals surface area contributed by atoms with Crippen molar-refractivity contribution >= 4 is 11.6 Å². The molecule has 0 unspecified atom stereocenters. The first-order valence-electron chi connectivity index (χ1n) is 8.13. The molecule has 1 amide bonds. The van der Waals surface area contributed by atoms with Crippen molar-refractivity contribution in [2.75, 3.05) is 5.32 Å². The molecular formula is C20H20FN2O2+. The summed E-state index contributed by atoms with van der Waals surface area (Å²) in [6.07, 6.45) is 1.62. The van der Waals surface area contributed by atoms with Gasteiger partial charge in [0, 0.05) is 11.3 Å². The van der Waals surface area contributed by atoms with Crippen LogP contribution in [0.3, 0.4) is 0 Å². The highest BCUT2D eigenvalue weighted by molar-refractivity contribution is 5.94. The van der Waals surface area contributed by atoms with Gasteiger partial charge in [0.2, 0.25) is 0 Å². The van der Waals surface area contributed by atoms with E-state index in [1.807, 2.05) is 54.7 Å². The highest BCUT2D eigenvalue weighted by Gasteiger charge is 2.27. The Morgan fingerprint density at radius 1 is 1.04 bits per heavy atom. The standard InChI is InChI=1S/C20H19FN2O2/c1-14(18-8-5-13-25-18)22-19(15-6-3-2-4-7-15)20(24)23-17-11-9-16(21)10-12-17/h2-14,19,22H,1H3,(H,23,24)/p+1/t14-,19-/m1/s1. The number of quaternary nitrogens is 1. The topological polar surface area (TPSA) is 58.9 Å². The molecule has 25 heavy (non-hydrogen) atoms. The zero-order valence-electron chi connectivity index (χ0n) is 13.9. The first-order valence-corrected chi connectivity index (χ1v) is 8.13. The van der Waals surface area contributed by atoms with Crippen molar-refractivity contribution in [2.45, 2.75) is 19.0 Å². The maximum atomic E-state index is 13.0. The number of amides is 1. The average molecular weight is 339 g/mol. The summed E-state index contributed by atoms with van der Waals surface area (Å²) in [4.78, 5) is 12.8. The van der Waals surface area contributed by atoms with E-state index >= 15 is 0 Å². The number of carbonyl (C=O) groups excluding carboxylic acids is 1. The Morgan fingerprint density at radius 3 is 2.40 bits per heavy atom. The summed E-state index contributed by atoms with van der Waals surface area (Å²) < 4.78 is 18.5. The van der Waals surface area contributed by atoms with E-state index in [9.17, 15) is 9.18 Å². The monoisotopic (exact) mass is 339 g/mol. The minimum absolute atomic E-state index is 0.0285. The molecule has 2 atom stereocenters. The van der Waals surface area contributed by atoms with Crippen molar-refractivity contribution in [3.63, 3.8) is 0 Å². The Balaban J connectivity index is 1.80. The predicted octanol–water partition coefficient (Wildman–Crippen LogP) is 3.42. The van der Waals surface area contributed by atoms with Crippen LogP contribution < -0.4 is 10.6 Å². The van der Waals surface area contributed by atoms with Crippen molar-refractivity contribution in [1.82, 2.24) is 0 Å². The van der Waals surface area contributed by atoms with Crippen LogP contribution >= 0.6 is 0 Å². The molecule has 0 aliphatic heterocycles. The first kappa shape index (κ1) is 16.9. The van der Waals surface area contributed by atoms with Crippen molar-refractivity contribution < 1.29 is 18.9 Å². The maximum Gasteiger partial charge on any atom is 0.287 e. The number of hydrogen-bond donors (Lipinski definition) is 2. The fourth-order valence-electron chi connectivity index (χ4n) is 2.70. The highest BCUT2D eigenvalue weighted by Crippen LogP contribution is 2.16. The molecule has 128 valence electrons. The Hall–Kier alpha value is -2.92. The van der Waals surface area contributed by atoms with E-state index in [1.54, 1.807) is 18.4 Å². The second-order valence-corrected chi connectivity index (χ2v) is 5.88. The summed E-state index contributed by atoms with van der Waals surface area (Å²) in [6, 6.07) is 18.5. The Bertz CT molecular complexity index is 801. The van der Waals surface area contributed by atoms with Crippen LogP contribution in [0.25, 0.3) is 0 Å². The maximum absolute atomic E-state index is 13.0. The molecule has 0 saturated heterocycles. The van der Waals surface area contributed by atoms with Gasteiger partial charge in [0.1, 0.15) is 11.9 Å². The molecule has 0 spiro atoms. The van der Waals surface area contributed by atoms with Gasteiger partial charge >= 0.3 is 0 Å². The minimum Gasteiger partial charge on any atom is -0.463 e. The van der Waals surface area contributed by atoms with Gasteiger partial charge in [-0.25, -0.2) is 4.39 Å². The van der Waals surface area contributed by atoms with Gasteiger partial charge in [-0.2, -0.15) is 0 Å². The van der Waals surface area contributed by atoms with Crippen LogP contribution in [0.15, 0.2) is 77.4 Å². The fraction of sp³-hybridized carbons (Fsp3) is 0.150. The van der Waals surface area contributed by atoms with E-state index in [2.05, 4.69) is 5.32 Å². The molecule has 0 saturated carbocycles. The molecule has 3 N–H and O–H groups in total. The van der Waals surface area contributed by atoms with Gasteiger partial charge in [0.05, 0.1) is 6.26 Å². The van der Waals surface area contributed by atoms with Crippen LogP contribution in [0, 0.1) is 5.82 Å². The van der Waals surface area contributed by atoms with Crippen LogP contribution in [0.4, 0.5) is 10.1 Å². The third kappa shape index (κ3) is 4.33. The highest BCUT2D eigenvalue weighted by atomic mass is 19.1. The number of rotatable bonds is 6. The Morgan fingerprint density at radius 2 is 1.76 bits per heavy atom. The quantitative estimate of drug-likeness (QED) is 0.723. The smallest absolute Gasteiger partial charge is 0.287 e. The van der Waals surface area contributed by atoms with Crippen LogP contribution in [-0.4, -0.2) is 5.91 Å². The van der Waals surface area contributed by atoms with Crippen molar-refractivity contribution in [2.24, 2.45) is 0 Å². The van der Waals surface area contributed by atoms with E-state index in [1.165, 1.54) is 12.1 Å². The number of anilines is 1. The van der Waals surface area contributed by atoms with E-state index in [4.69, 9.17) is 4.42 Å². The number of carbonyl (C=O) groups is 1. The Labute approximate surface area is 145 Å². The molecule has 1 aromatic heterocycles. The summed E-state index contributed by atoms with van der Waals surface area (Å²) in [6.45, 7) is 1.99. The molecule has 0 radical (unpaired) electrons. The van der Waals surface area contributed by atoms with Gasteiger partial charge in [-0.1, -0.05) is 30.3 Å². The van der Waals surface area contributed by atoms with E-state index in [0.717, 1.165) is 11.3 Å². The molecular weight excluding hydrogens is 319 g/mol. The third-order valence-corrected chi connectivity index (χ3v) is 4.03. The molecule has 3 rings (SSSR count). The second-order valence-electron chi connectivity index (χ2n) is 5.88. The van der Waals surface area contributed by atoms with Crippen molar-refractivity contribution in [1.29, 1.82) is 0 Å². The third-order valence-electron chi connectivity index (χ3n) is 4.03. The number of nitrogens with one attached hydrogen (secondary N) is 1. The predicted molar refractivity (Wildman–Crippen MR) is 93.3 cm³/mol. The van der Waals surface area contributed by atoms with E-state index < -0.39 is 6.04 Å². The average Bonchev–Trinajstić information content (AvgIpc) is 3.17. The van der Waals surface area contributed by atoms with Crippen LogP contribution in [0.5, 0.6) is 0 Å². The van der Waals surface area contributed by atoms with Gasteiger partial charge in [-0.05, 0) is 43.3 Å². The largest absolute Gasteiger partial charge is 0.463 e. The van der Waals surface area contributed by atoms with E-state index in [-0.39, 0.29) is 17.8 Å². The van der Waals surface area contributed by atoms with Crippen LogP contribution in [0.2, 0.25) is 0 Å². The summed E-state index contributed by atoms with van der Waals surface area (Å²) in [5.41, 5.74) is 1.45. The van der Waals surface area contributed by atoms with Gasteiger partial charge < -0.3 is 15.1 Å². The normalized spacial score (nSPS) is 13.2. The number of halogens is 1. The number of hydrogen-bond acceptors (Lipinski definition) is 2. The lowest BCUT2D eigenvalue weighted by Crippen LogP contribution is -2.87. The molecule has 0 fully saturated rings. The number of benzene rings is 2. The molecule has 4 nitrogen and oxygen atoms in total. The molecule has 3 aromatic rings. The molecule has 0 bridgehead atoms. The van der Waals surface area contributed by atoms with Gasteiger partial charge in [-0.3, -0.25) is 4.79 Å². The number of furan rings is 1. The molecule has 0 aliphatic rings. The van der Waals surface area contributed by atoms with Gasteiger partial charge in [-0.15, -0.1) is 0 Å².